The van der Waals surface area contributed by atoms with Crippen LogP contribution in [-0.4, -0.2) is 0 Å². The maximum atomic E-state index is 8.78. The molecule has 0 heterocycles. The Morgan fingerprint density at radius 3 is 1.44 bits per heavy atom. The largest absolute Gasteiger partial charge is 0.457 e. The van der Waals surface area contributed by atoms with Gasteiger partial charge in [0.05, 0.1) is 27.4 Å². The second-order valence-corrected chi connectivity index (χ2v) is 7.12. The first-order chi connectivity index (χ1) is 24.1. The molecule has 0 aromatic heterocycles. The summed E-state index contributed by atoms with van der Waals surface area (Å²) in [6.07, 6.45) is 0. The SMILES string of the molecule is [2H]c1c([2H])c([2H])c(-c2c([2H])c([2H])c(Oc3cc(-c4c([2H])c([2H])c(-c5c([2H])c([2H])c([2H])c([2H])c5[2H])c([2H])c4[2H])c([2H])c(I)c3[2H])c([2H])c2[2H])c([2H])c1[2H]. The Morgan fingerprint density at radius 1 is 0.469 bits per heavy atom. The predicted molar refractivity (Wildman–Crippen MR) is 142 cm³/mol. The Labute approximate surface area is 230 Å². The molecule has 5 rings (SSSR count). The zero-order valence-corrected chi connectivity index (χ0v) is 18.0. The quantitative estimate of drug-likeness (QED) is 0.201. The van der Waals surface area contributed by atoms with Gasteiger partial charge in [-0.1, -0.05) is 96.7 Å². The highest BCUT2D eigenvalue weighted by atomic mass is 127. The van der Waals surface area contributed by atoms with E-state index < -0.39 is 160 Å². The Balaban J connectivity index is 1.73. The Morgan fingerprint density at radius 2 is 0.906 bits per heavy atom. The van der Waals surface area contributed by atoms with Crippen LogP contribution in [-0.2, 0) is 0 Å². The number of halogens is 1. The lowest BCUT2D eigenvalue weighted by Gasteiger charge is -2.11. The van der Waals surface area contributed by atoms with Gasteiger partial charge in [0, 0.05) is 3.57 Å². The van der Waals surface area contributed by atoms with Gasteiger partial charge in [-0.3, -0.25) is 0 Å². The molecule has 0 aliphatic carbocycles. The minimum absolute atomic E-state index is 0.150. The van der Waals surface area contributed by atoms with Crippen LogP contribution in [0, 0.1) is 3.57 Å². The van der Waals surface area contributed by atoms with Crippen molar-refractivity contribution < 1.29 is 32.2 Å². The molecule has 0 aliphatic rings. The maximum Gasteiger partial charge on any atom is 0.129 e. The monoisotopic (exact) mass is 544 g/mol. The fourth-order valence-electron chi connectivity index (χ4n) is 2.56. The summed E-state index contributed by atoms with van der Waals surface area (Å²) in [4.78, 5) is 0. The maximum absolute atomic E-state index is 8.78. The highest BCUT2D eigenvalue weighted by molar-refractivity contribution is 14.1. The lowest BCUT2D eigenvalue weighted by molar-refractivity contribution is 0.482. The summed E-state index contributed by atoms with van der Waals surface area (Å²) < 4.78 is 173. The van der Waals surface area contributed by atoms with Crippen molar-refractivity contribution in [1.82, 2.24) is 0 Å². The fourth-order valence-corrected chi connectivity index (χ4v) is 3.12. The van der Waals surface area contributed by atoms with E-state index in [1.807, 2.05) is 0 Å². The fraction of sp³-hybridized carbons (Fsp3) is 0. The van der Waals surface area contributed by atoms with Crippen LogP contribution in [0.1, 0.15) is 27.4 Å². The molecule has 154 valence electrons. The number of hydrogen-bond donors (Lipinski definition) is 0. The molecule has 0 radical (unpaired) electrons. The molecule has 32 heavy (non-hydrogen) atoms. The Hall–Kier alpha value is -3.37. The van der Waals surface area contributed by atoms with Crippen LogP contribution in [0.3, 0.4) is 0 Å². The molecular formula is C30H21IO. The standard InChI is InChI=1S/C30H21IO/c31-28-19-27(26-13-11-24(12-14-26)22-7-3-1-4-8-22)20-30(21-28)32-29-17-15-25(16-18-29)23-9-5-2-6-10-23/h1-21H/i1D,2D,3D,4D,5D,6D,7D,8D,9D,10D,11D,12D,13D,14D,15D,16D,17D,18D,19D,21D. The van der Waals surface area contributed by atoms with Crippen molar-refractivity contribution in [1.29, 1.82) is 0 Å². The van der Waals surface area contributed by atoms with Crippen LogP contribution in [0.25, 0.3) is 33.4 Å². The number of hydrogen-bond acceptors (Lipinski definition) is 1. The van der Waals surface area contributed by atoms with Crippen LogP contribution in [0.15, 0.2) is 127 Å². The van der Waals surface area contributed by atoms with Gasteiger partial charge in [0.25, 0.3) is 0 Å². The number of rotatable bonds is 5. The van der Waals surface area contributed by atoms with Crippen LogP contribution < -0.4 is 4.74 Å². The van der Waals surface area contributed by atoms with Crippen LogP contribution in [0.4, 0.5) is 0 Å². The first-order valence-corrected chi connectivity index (χ1v) is 10.0. The molecule has 5 aromatic carbocycles. The average Bonchev–Trinajstić information content (AvgIpc) is 3.11. The lowest BCUT2D eigenvalue weighted by atomic mass is 10.0. The van der Waals surface area contributed by atoms with Gasteiger partial charge in [0.15, 0.2) is 0 Å². The van der Waals surface area contributed by atoms with Crippen molar-refractivity contribution in [3.05, 3.63) is 130 Å². The second-order valence-electron chi connectivity index (χ2n) is 6.04. The molecule has 5 aromatic rings. The molecule has 0 amide bonds. The van der Waals surface area contributed by atoms with Gasteiger partial charge >= 0.3 is 0 Å². The van der Waals surface area contributed by atoms with Gasteiger partial charge in [0.1, 0.15) is 11.5 Å². The van der Waals surface area contributed by atoms with Gasteiger partial charge in [0.2, 0.25) is 0 Å². The Kier molecular flexibility index (Phi) is 2.32. The van der Waals surface area contributed by atoms with Crippen molar-refractivity contribution in [2.45, 2.75) is 0 Å². The number of benzene rings is 5. The zero-order chi connectivity index (χ0) is 39.2. The molecule has 0 fully saturated rings. The third kappa shape index (κ3) is 4.76. The molecule has 1 nitrogen and oxygen atoms in total. The van der Waals surface area contributed by atoms with Gasteiger partial charge in [-0.15, -0.1) is 0 Å². The lowest BCUT2D eigenvalue weighted by Crippen LogP contribution is -1.88. The third-order valence-corrected chi connectivity index (χ3v) is 4.50. The van der Waals surface area contributed by atoms with E-state index in [0.29, 0.717) is 0 Å². The summed E-state index contributed by atoms with van der Waals surface area (Å²) in [6, 6.07) is -14.1. The van der Waals surface area contributed by atoms with E-state index in [-0.39, 0.29) is 9.13 Å². The van der Waals surface area contributed by atoms with E-state index >= 15 is 0 Å². The first kappa shape index (κ1) is 7.89. The van der Waals surface area contributed by atoms with Crippen molar-refractivity contribution in [2.24, 2.45) is 0 Å². The molecule has 0 saturated carbocycles. The van der Waals surface area contributed by atoms with Crippen molar-refractivity contribution in [2.75, 3.05) is 0 Å². The van der Waals surface area contributed by atoms with E-state index in [0.717, 1.165) is 6.07 Å². The molecule has 0 atom stereocenters. The molecule has 0 unspecified atom stereocenters. The van der Waals surface area contributed by atoms with Crippen molar-refractivity contribution in [3.63, 3.8) is 0 Å². The summed E-state index contributed by atoms with van der Waals surface area (Å²) in [7, 11) is 0. The topological polar surface area (TPSA) is 9.23 Å². The van der Waals surface area contributed by atoms with Crippen LogP contribution in [0.5, 0.6) is 11.5 Å². The number of ether oxygens (including phenoxy) is 1. The Bertz CT molecular complexity index is 2290. The molecule has 0 saturated heterocycles. The minimum Gasteiger partial charge on any atom is -0.457 e. The van der Waals surface area contributed by atoms with Gasteiger partial charge in [-0.05, 0) is 86.2 Å². The van der Waals surface area contributed by atoms with E-state index in [2.05, 4.69) is 0 Å². The molecule has 2 heteroatoms. The van der Waals surface area contributed by atoms with Crippen LogP contribution in [0.2, 0.25) is 0 Å². The van der Waals surface area contributed by atoms with E-state index in [4.69, 9.17) is 32.2 Å². The smallest absolute Gasteiger partial charge is 0.129 e. The van der Waals surface area contributed by atoms with Crippen molar-refractivity contribution >= 4 is 22.6 Å². The van der Waals surface area contributed by atoms with Crippen molar-refractivity contribution in [3.8, 4) is 44.9 Å². The molecule has 0 spiro atoms. The molecule has 0 aliphatic heterocycles. The average molecular weight is 545 g/mol. The summed E-state index contributed by atoms with van der Waals surface area (Å²) in [5.41, 5.74) is -3.17. The summed E-state index contributed by atoms with van der Waals surface area (Å²) in [5.74, 6) is -1.26. The van der Waals surface area contributed by atoms with E-state index in [9.17, 15) is 0 Å². The van der Waals surface area contributed by atoms with Gasteiger partial charge < -0.3 is 4.74 Å². The van der Waals surface area contributed by atoms with Crippen LogP contribution >= 0.6 is 22.6 Å². The molecule has 0 N–H and O–H groups in total. The van der Waals surface area contributed by atoms with Gasteiger partial charge in [-0.2, -0.15) is 0 Å². The summed E-state index contributed by atoms with van der Waals surface area (Å²) in [5, 5.41) is 0. The summed E-state index contributed by atoms with van der Waals surface area (Å²) in [6.45, 7) is 0. The third-order valence-electron chi connectivity index (χ3n) is 3.96. The highest BCUT2D eigenvalue weighted by Gasteiger charge is 2.06. The van der Waals surface area contributed by atoms with E-state index in [1.165, 1.54) is 0 Å². The minimum atomic E-state index is -0.860. The van der Waals surface area contributed by atoms with Gasteiger partial charge in [-0.25, -0.2) is 0 Å². The normalized spacial score (nSPS) is 19.4. The van der Waals surface area contributed by atoms with E-state index in [1.54, 1.807) is 22.6 Å². The first-order valence-electron chi connectivity index (χ1n) is 18.9. The zero-order valence-electron chi connectivity index (χ0n) is 35.9. The molecular weight excluding hydrogens is 503 g/mol. The predicted octanol–water partition coefficient (Wildman–Crippen LogP) is 9.08. The summed E-state index contributed by atoms with van der Waals surface area (Å²) >= 11 is 1.58. The second kappa shape index (κ2) is 9.41. The highest BCUT2D eigenvalue weighted by Crippen LogP contribution is 2.32. The molecule has 0 bridgehead atoms.